The average Bonchev–Trinajstić information content (AvgIpc) is 3.14. The number of carbonyl (C=O) groups excluding carboxylic acids is 1. The minimum Gasteiger partial charge on any atom is -0.325 e. The van der Waals surface area contributed by atoms with Crippen molar-refractivity contribution < 1.29 is 4.79 Å². The summed E-state index contributed by atoms with van der Waals surface area (Å²) in [4.78, 5) is 13.3. The normalized spacial score (nSPS) is 26.5. The van der Waals surface area contributed by atoms with E-state index in [0.29, 0.717) is 16.6 Å². The lowest BCUT2D eigenvalue weighted by Crippen LogP contribution is -2.47. The molecule has 1 aromatic rings. The summed E-state index contributed by atoms with van der Waals surface area (Å²) in [5.41, 5.74) is 7.00. The first-order valence-electron chi connectivity index (χ1n) is 11.0. The molecule has 2 heterocycles. The highest BCUT2D eigenvalue weighted by atomic mass is 28.3. The fraction of sp³-hybridized carbons (Fsp3) is 0.560. The maximum Gasteiger partial charge on any atom is 0.237 e. The first-order chi connectivity index (χ1) is 13.7. The van der Waals surface area contributed by atoms with Crippen LogP contribution in [0.5, 0.6) is 0 Å². The molecule has 0 unspecified atom stereocenters. The number of allylic oxidation sites excluding steroid dienone is 1. The van der Waals surface area contributed by atoms with Crippen molar-refractivity contribution in [2.24, 2.45) is 0 Å². The largest absolute Gasteiger partial charge is 0.325 e. The van der Waals surface area contributed by atoms with E-state index >= 15 is 0 Å². The molecule has 2 aliphatic rings. The predicted octanol–water partition coefficient (Wildman–Crippen LogP) is 5.40. The molecule has 0 bridgehead atoms. The Hall–Kier alpha value is -1.83. The van der Waals surface area contributed by atoms with Gasteiger partial charge in [0.1, 0.15) is 13.5 Å². The number of hydrogen-bond donors (Lipinski definition) is 2. The Bertz CT molecular complexity index is 839. The third kappa shape index (κ3) is 3.39. The lowest BCUT2D eigenvalue weighted by atomic mass is 9.74. The number of fused-ring (bicyclic) bond motifs is 2. The molecule has 0 aromatic heterocycles. The monoisotopic (exact) mass is 408 g/mol. The van der Waals surface area contributed by atoms with Gasteiger partial charge in [0.25, 0.3) is 0 Å². The number of nitrogens with one attached hydrogen (secondary N) is 2. The van der Waals surface area contributed by atoms with Crippen LogP contribution in [0.3, 0.4) is 0 Å². The molecule has 1 saturated heterocycles. The molecule has 1 fully saturated rings. The van der Waals surface area contributed by atoms with E-state index in [1.54, 1.807) is 0 Å². The highest BCUT2D eigenvalue weighted by Crippen LogP contribution is 2.47. The number of hydrogen-bond acceptors (Lipinski definition) is 2. The molecule has 1 spiro atoms. The number of anilines is 1. The van der Waals surface area contributed by atoms with Crippen molar-refractivity contribution in [2.45, 2.75) is 89.0 Å². The van der Waals surface area contributed by atoms with Crippen LogP contribution in [0.25, 0.3) is 0 Å². The van der Waals surface area contributed by atoms with Gasteiger partial charge in [0.2, 0.25) is 5.91 Å². The fourth-order valence-electron chi connectivity index (χ4n) is 5.86. The lowest BCUT2D eigenvalue weighted by Gasteiger charge is -2.38. The van der Waals surface area contributed by atoms with E-state index in [-0.39, 0.29) is 18.0 Å². The van der Waals surface area contributed by atoms with Crippen LogP contribution < -0.4 is 10.6 Å². The van der Waals surface area contributed by atoms with E-state index in [0.717, 1.165) is 17.7 Å². The summed E-state index contributed by atoms with van der Waals surface area (Å²) < 4.78 is 0. The van der Waals surface area contributed by atoms with Crippen LogP contribution in [0, 0.1) is 11.5 Å². The van der Waals surface area contributed by atoms with Gasteiger partial charge in [0.05, 0.1) is 6.04 Å². The maximum atomic E-state index is 13.3. The average molecular weight is 409 g/mol. The van der Waals surface area contributed by atoms with Gasteiger partial charge in [0, 0.05) is 11.7 Å². The summed E-state index contributed by atoms with van der Waals surface area (Å²) in [6.45, 7) is 16.0. The minimum atomic E-state index is -1.87. The third-order valence-corrected chi connectivity index (χ3v) is 13.5. The Labute approximate surface area is 177 Å². The number of benzene rings is 1. The molecule has 2 aliphatic heterocycles. The summed E-state index contributed by atoms with van der Waals surface area (Å²) in [6.07, 6.45) is 4.98. The Morgan fingerprint density at radius 1 is 1.10 bits per heavy atom. The molecule has 3 rings (SSSR count). The molecular weight excluding hydrogens is 372 g/mol. The van der Waals surface area contributed by atoms with Crippen LogP contribution in [0.4, 0.5) is 5.69 Å². The first kappa shape index (κ1) is 21.9. The highest BCUT2D eigenvalue weighted by molar-refractivity contribution is 6.90. The van der Waals surface area contributed by atoms with Crippen molar-refractivity contribution >= 4 is 19.7 Å². The predicted molar refractivity (Wildman–Crippen MR) is 126 cm³/mol. The van der Waals surface area contributed by atoms with Gasteiger partial charge in [0.15, 0.2) is 0 Å². The van der Waals surface area contributed by atoms with Gasteiger partial charge in [-0.2, -0.15) is 0 Å². The zero-order valence-electron chi connectivity index (χ0n) is 19.0. The Morgan fingerprint density at radius 2 is 1.72 bits per heavy atom. The van der Waals surface area contributed by atoms with Crippen LogP contribution in [0.1, 0.15) is 60.5 Å². The number of para-hydroxylation sites is 1. The van der Waals surface area contributed by atoms with Crippen molar-refractivity contribution in [3.05, 3.63) is 42.0 Å². The molecule has 0 aliphatic carbocycles. The van der Waals surface area contributed by atoms with Crippen LogP contribution in [0.15, 0.2) is 36.4 Å². The van der Waals surface area contributed by atoms with Crippen LogP contribution >= 0.6 is 0 Å². The van der Waals surface area contributed by atoms with Gasteiger partial charge in [-0.3, -0.25) is 10.1 Å². The molecule has 156 valence electrons. The van der Waals surface area contributed by atoms with Crippen molar-refractivity contribution in [2.75, 3.05) is 5.32 Å². The van der Waals surface area contributed by atoms with Crippen molar-refractivity contribution in [1.29, 1.82) is 0 Å². The third-order valence-electron chi connectivity index (χ3n) is 7.20. The Morgan fingerprint density at radius 3 is 2.31 bits per heavy atom. The second kappa shape index (κ2) is 8.12. The van der Waals surface area contributed by atoms with Gasteiger partial charge >= 0.3 is 0 Å². The van der Waals surface area contributed by atoms with Gasteiger partial charge in [-0.05, 0) is 41.6 Å². The van der Waals surface area contributed by atoms with Crippen molar-refractivity contribution in [1.82, 2.24) is 5.32 Å². The zero-order chi connectivity index (χ0) is 21.4. The molecule has 4 heteroatoms. The maximum absolute atomic E-state index is 13.3. The molecule has 0 radical (unpaired) electrons. The summed E-state index contributed by atoms with van der Waals surface area (Å²) in [6, 6.07) is 8.10. The Kier molecular flexibility index (Phi) is 6.13. The second-order valence-corrected chi connectivity index (χ2v) is 15.2. The molecule has 1 aromatic carbocycles. The number of rotatable bonds is 4. The van der Waals surface area contributed by atoms with Crippen molar-refractivity contribution in [3.8, 4) is 11.5 Å². The van der Waals surface area contributed by atoms with Crippen LogP contribution in [-0.4, -0.2) is 26.1 Å². The van der Waals surface area contributed by atoms with E-state index in [4.69, 9.17) is 0 Å². The van der Waals surface area contributed by atoms with E-state index in [2.05, 4.69) is 81.9 Å². The topological polar surface area (TPSA) is 41.1 Å². The van der Waals surface area contributed by atoms with Gasteiger partial charge in [-0.15, -0.1) is 5.54 Å². The quantitative estimate of drug-likeness (QED) is 0.398. The summed E-state index contributed by atoms with van der Waals surface area (Å²) in [7, 11) is -1.87. The molecule has 3 atom stereocenters. The van der Waals surface area contributed by atoms with E-state index in [1.807, 2.05) is 25.1 Å². The van der Waals surface area contributed by atoms with E-state index in [9.17, 15) is 4.79 Å². The smallest absolute Gasteiger partial charge is 0.237 e. The zero-order valence-corrected chi connectivity index (χ0v) is 20.0. The number of amides is 1. The minimum absolute atomic E-state index is 0.0865. The van der Waals surface area contributed by atoms with Crippen molar-refractivity contribution in [3.63, 3.8) is 0 Å². The molecule has 1 amide bonds. The lowest BCUT2D eigenvalue weighted by molar-refractivity contribution is -0.120. The molecule has 0 saturated carbocycles. The number of carbonyl (C=O) groups is 1. The summed E-state index contributed by atoms with van der Waals surface area (Å²) >= 11 is 0. The molecule has 29 heavy (non-hydrogen) atoms. The molecule has 2 N–H and O–H groups in total. The molecular formula is C25H36N2OSi. The van der Waals surface area contributed by atoms with E-state index < -0.39 is 13.5 Å². The second-order valence-electron chi connectivity index (χ2n) is 9.57. The van der Waals surface area contributed by atoms with Gasteiger partial charge in [-0.25, -0.2) is 0 Å². The molecule has 3 nitrogen and oxygen atoms in total. The summed E-state index contributed by atoms with van der Waals surface area (Å²) in [5, 5.41) is 6.82. The SMILES string of the molecule is C/C=C/[C@H]1C[C@@]2(C(=O)Nc3ccccc32)[C@H](C#C[Si](C(C)C)(C(C)C)C(C)C)N1. The fourth-order valence-corrected chi connectivity index (χ4v) is 11.1. The standard InChI is InChI=1S/C25H36N2OSi/c1-8-11-20-16-25(21-12-9-10-13-22(21)27-24(25)28)23(26-20)14-15-29(17(2)3,18(4)5)19(6)7/h8-13,17-20,23,26H,16H2,1-7H3,(H,27,28)/b11-8+/t20-,23-,25-/m0/s1. The van der Waals surface area contributed by atoms with Gasteiger partial charge < -0.3 is 5.32 Å². The Balaban J connectivity index is 2.13. The van der Waals surface area contributed by atoms with Gasteiger partial charge in [-0.1, -0.05) is 77.8 Å². The van der Waals surface area contributed by atoms with Crippen LogP contribution in [0.2, 0.25) is 16.6 Å². The first-order valence-corrected chi connectivity index (χ1v) is 13.3. The van der Waals surface area contributed by atoms with E-state index in [1.165, 1.54) is 0 Å². The summed E-state index contributed by atoms with van der Waals surface area (Å²) in [5.74, 6) is 3.75. The van der Waals surface area contributed by atoms with Crippen LogP contribution in [-0.2, 0) is 10.2 Å². The highest BCUT2D eigenvalue weighted by Gasteiger charge is 2.57.